The summed E-state index contributed by atoms with van der Waals surface area (Å²) in [6.07, 6.45) is 3.24. The van der Waals surface area contributed by atoms with E-state index < -0.39 is 0 Å². The van der Waals surface area contributed by atoms with Gasteiger partial charge in [-0.2, -0.15) is 4.98 Å². The maximum Gasteiger partial charge on any atom is 0.223 e. The standard InChI is InChI=1S/C16H21N3O2S/c1-11(20)15-7-14(10-22-15)9-19-5-3-13(4-6-19)8-16-17-12(2)21-18-16/h7,10,13H,3-6,8-9H2,1-2H3. The Morgan fingerprint density at radius 1 is 1.45 bits per heavy atom. The monoisotopic (exact) mass is 319 g/mol. The van der Waals surface area contributed by atoms with Crippen LogP contribution in [0.15, 0.2) is 16.0 Å². The second kappa shape index (κ2) is 6.71. The normalized spacial score (nSPS) is 17.0. The summed E-state index contributed by atoms with van der Waals surface area (Å²) in [4.78, 5) is 19.0. The van der Waals surface area contributed by atoms with Crippen LogP contribution in [0.5, 0.6) is 0 Å². The first-order valence-electron chi connectivity index (χ1n) is 7.70. The van der Waals surface area contributed by atoms with E-state index in [2.05, 4.69) is 20.4 Å². The molecule has 22 heavy (non-hydrogen) atoms. The number of rotatable bonds is 5. The number of hydrogen-bond acceptors (Lipinski definition) is 6. The summed E-state index contributed by atoms with van der Waals surface area (Å²) in [5.74, 6) is 2.28. The number of hydrogen-bond donors (Lipinski definition) is 0. The molecule has 5 nitrogen and oxygen atoms in total. The van der Waals surface area contributed by atoms with E-state index in [0.717, 1.165) is 49.6 Å². The smallest absolute Gasteiger partial charge is 0.223 e. The molecule has 1 fully saturated rings. The van der Waals surface area contributed by atoms with Crippen molar-refractivity contribution in [2.75, 3.05) is 13.1 Å². The molecule has 0 spiro atoms. The van der Waals surface area contributed by atoms with Crippen LogP contribution < -0.4 is 0 Å². The van der Waals surface area contributed by atoms with Gasteiger partial charge in [-0.3, -0.25) is 9.69 Å². The van der Waals surface area contributed by atoms with Crippen molar-refractivity contribution in [3.8, 4) is 0 Å². The van der Waals surface area contributed by atoms with E-state index in [1.54, 1.807) is 18.3 Å². The maximum atomic E-state index is 11.3. The van der Waals surface area contributed by atoms with Crippen LogP contribution in [-0.2, 0) is 13.0 Å². The molecule has 0 amide bonds. The molecule has 2 aromatic heterocycles. The average molecular weight is 319 g/mol. The van der Waals surface area contributed by atoms with E-state index in [-0.39, 0.29) is 5.78 Å². The number of aryl methyl sites for hydroxylation is 1. The van der Waals surface area contributed by atoms with Gasteiger partial charge >= 0.3 is 0 Å². The second-order valence-electron chi connectivity index (χ2n) is 6.03. The topological polar surface area (TPSA) is 59.2 Å². The van der Waals surface area contributed by atoms with Gasteiger partial charge in [0.05, 0.1) is 4.88 Å². The molecule has 1 aliphatic heterocycles. The lowest BCUT2D eigenvalue weighted by Crippen LogP contribution is -2.33. The van der Waals surface area contributed by atoms with E-state index in [4.69, 9.17) is 4.52 Å². The number of carbonyl (C=O) groups is 1. The summed E-state index contributed by atoms with van der Waals surface area (Å²) in [5, 5.41) is 6.09. The molecule has 1 aliphatic rings. The largest absolute Gasteiger partial charge is 0.340 e. The molecule has 0 bridgehead atoms. The Hall–Kier alpha value is -1.53. The van der Waals surface area contributed by atoms with Crippen molar-refractivity contribution >= 4 is 17.1 Å². The maximum absolute atomic E-state index is 11.3. The van der Waals surface area contributed by atoms with E-state index in [0.29, 0.717) is 11.8 Å². The fourth-order valence-corrected chi connectivity index (χ4v) is 3.74. The highest BCUT2D eigenvalue weighted by Crippen LogP contribution is 2.23. The van der Waals surface area contributed by atoms with E-state index in [1.807, 2.05) is 13.0 Å². The number of likely N-dealkylation sites (tertiary alicyclic amines) is 1. The zero-order valence-corrected chi connectivity index (χ0v) is 13.9. The molecule has 0 radical (unpaired) electrons. The first-order valence-corrected chi connectivity index (χ1v) is 8.58. The number of piperidine rings is 1. The van der Waals surface area contributed by atoms with Crippen LogP contribution in [0.2, 0.25) is 0 Å². The molecular weight excluding hydrogens is 298 g/mol. The summed E-state index contributed by atoms with van der Waals surface area (Å²) in [6.45, 7) is 6.58. The van der Waals surface area contributed by atoms with Crippen molar-refractivity contribution < 1.29 is 9.32 Å². The molecular formula is C16H21N3O2S. The highest BCUT2D eigenvalue weighted by molar-refractivity contribution is 7.12. The van der Waals surface area contributed by atoms with Gasteiger partial charge in [0.25, 0.3) is 0 Å². The highest BCUT2D eigenvalue weighted by atomic mass is 32.1. The van der Waals surface area contributed by atoms with Gasteiger partial charge in [0.2, 0.25) is 5.89 Å². The number of carbonyl (C=O) groups excluding carboxylic acids is 1. The molecule has 0 unspecified atom stereocenters. The van der Waals surface area contributed by atoms with E-state index in [1.165, 1.54) is 5.56 Å². The van der Waals surface area contributed by atoms with Gasteiger partial charge in [0, 0.05) is 19.9 Å². The van der Waals surface area contributed by atoms with Crippen molar-refractivity contribution in [2.24, 2.45) is 5.92 Å². The molecule has 0 saturated carbocycles. The van der Waals surface area contributed by atoms with Crippen molar-refractivity contribution in [2.45, 2.75) is 39.7 Å². The molecule has 0 aliphatic carbocycles. The molecule has 3 heterocycles. The van der Waals surface area contributed by atoms with Gasteiger partial charge in [-0.1, -0.05) is 5.16 Å². The predicted molar refractivity (Wildman–Crippen MR) is 85.1 cm³/mol. The van der Waals surface area contributed by atoms with Crippen LogP contribution >= 0.6 is 11.3 Å². The van der Waals surface area contributed by atoms with Crippen LogP contribution in [0.25, 0.3) is 0 Å². The first kappa shape index (κ1) is 15.4. The molecule has 118 valence electrons. The first-order chi connectivity index (χ1) is 10.6. The fourth-order valence-electron chi connectivity index (χ4n) is 2.93. The average Bonchev–Trinajstić information content (AvgIpc) is 3.10. The number of Topliss-reactive ketones (excluding diaryl/α,β-unsaturated/α-hetero) is 1. The Balaban J connectivity index is 1.47. The number of nitrogens with zero attached hydrogens (tertiary/aromatic N) is 3. The van der Waals surface area contributed by atoms with Crippen LogP contribution in [0.1, 0.15) is 46.7 Å². The van der Waals surface area contributed by atoms with Gasteiger partial charge in [0.15, 0.2) is 11.6 Å². The Labute approximate surface area is 134 Å². The summed E-state index contributed by atoms with van der Waals surface area (Å²) in [6, 6.07) is 2.03. The Morgan fingerprint density at radius 2 is 2.23 bits per heavy atom. The molecule has 0 aromatic carbocycles. The quantitative estimate of drug-likeness (QED) is 0.793. The van der Waals surface area contributed by atoms with Crippen molar-refractivity contribution in [1.29, 1.82) is 0 Å². The van der Waals surface area contributed by atoms with E-state index in [9.17, 15) is 4.79 Å². The number of aromatic nitrogens is 2. The van der Waals surface area contributed by atoms with Crippen LogP contribution in [0.3, 0.4) is 0 Å². The van der Waals surface area contributed by atoms with Gasteiger partial charge in [-0.05, 0) is 55.8 Å². The van der Waals surface area contributed by atoms with E-state index >= 15 is 0 Å². The minimum absolute atomic E-state index is 0.158. The molecule has 2 aromatic rings. The minimum atomic E-state index is 0.158. The summed E-state index contributed by atoms with van der Waals surface area (Å²) in [5.41, 5.74) is 1.25. The lowest BCUT2D eigenvalue weighted by atomic mass is 9.93. The fraction of sp³-hybridized carbons (Fsp3) is 0.562. The lowest BCUT2D eigenvalue weighted by Gasteiger charge is -2.31. The minimum Gasteiger partial charge on any atom is -0.340 e. The summed E-state index contributed by atoms with van der Waals surface area (Å²) in [7, 11) is 0. The molecule has 0 atom stereocenters. The molecule has 3 rings (SSSR count). The summed E-state index contributed by atoms with van der Waals surface area (Å²) >= 11 is 1.55. The molecule has 6 heteroatoms. The van der Waals surface area contributed by atoms with Gasteiger partial charge in [-0.25, -0.2) is 0 Å². The predicted octanol–water partition coefficient (Wildman–Crippen LogP) is 3.10. The third-order valence-corrected chi connectivity index (χ3v) is 5.23. The SMILES string of the molecule is CC(=O)c1cc(CN2CCC(Cc3noc(C)n3)CC2)cs1. The number of thiophene rings is 1. The van der Waals surface area contributed by atoms with Crippen LogP contribution in [-0.4, -0.2) is 33.9 Å². The van der Waals surface area contributed by atoms with Gasteiger partial charge < -0.3 is 4.52 Å². The zero-order valence-electron chi connectivity index (χ0n) is 13.0. The third kappa shape index (κ3) is 3.81. The lowest BCUT2D eigenvalue weighted by molar-refractivity contribution is 0.102. The zero-order chi connectivity index (χ0) is 15.5. The molecule has 1 saturated heterocycles. The van der Waals surface area contributed by atoms with Crippen molar-refractivity contribution in [3.63, 3.8) is 0 Å². The molecule has 0 N–H and O–H groups in total. The highest BCUT2D eigenvalue weighted by Gasteiger charge is 2.21. The van der Waals surface area contributed by atoms with Gasteiger partial charge in [0.1, 0.15) is 0 Å². The Bertz CT molecular complexity index is 641. The van der Waals surface area contributed by atoms with Crippen molar-refractivity contribution in [1.82, 2.24) is 15.0 Å². The van der Waals surface area contributed by atoms with Crippen LogP contribution in [0, 0.1) is 12.8 Å². The Morgan fingerprint density at radius 3 is 2.82 bits per heavy atom. The van der Waals surface area contributed by atoms with Crippen molar-refractivity contribution in [3.05, 3.63) is 33.6 Å². The second-order valence-corrected chi connectivity index (χ2v) is 6.94. The number of ketones is 1. The third-order valence-electron chi connectivity index (χ3n) is 4.15. The Kier molecular flexibility index (Phi) is 4.69. The van der Waals surface area contributed by atoms with Gasteiger partial charge in [-0.15, -0.1) is 11.3 Å². The van der Waals surface area contributed by atoms with Crippen LogP contribution in [0.4, 0.5) is 0 Å². The summed E-state index contributed by atoms with van der Waals surface area (Å²) < 4.78 is 5.03.